The first-order chi connectivity index (χ1) is 14.9. The van der Waals surface area contributed by atoms with Crippen molar-refractivity contribution in [3.8, 4) is 0 Å². The smallest absolute Gasteiger partial charge is 0.328 e. The average molecular weight is 422 g/mol. The van der Waals surface area contributed by atoms with Crippen LogP contribution in [0.4, 0.5) is 0 Å². The highest BCUT2D eigenvalue weighted by Crippen LogP contribution is 2.41. The Balaban J connectivity index is 1.55. The van der Waals surface area contributed by atoms with Gasteiger partial charge in [0.2, 0.25) is 0 Å². The Kier molecular flexibility index (Phi) is 5.59. The van der Waals surface area contributed by atoms with E-state index in [-0.39, 0.29) is 0 Å². The summed E-state index contributed by atoms with van der Waals surface area (Å²) in [6.07, 6.45) is 2.14. The maximum atomic E-state index is 12.8. The summed E-state index contributed by atoms with van der Waals surface area (Å²) in [6.45, 7) is 0. The van der Waals surface area contributed by atoms with Crippen molar-refractivity contribution in [2.75, 3.05) is 0 Å². The summed E-state index contributed by atoms with van der Waals surface area (Å²) in [7, 11) is 0. The fraction of sp³-hybridized carbons (Fsp3) is 0.333. The summed E-state index contributed by atoms with van der Waals surface area (Å²) in [6, 6.07) is 14.5. The number of hydrogen-bond donors (Lipinski definition) is 2. The van der Waals surface area contributed by atoms with Crippen LogP contribution in [0.15, 0.2) is 48.5 Å². The van der Waals surface area contributed by atoms with Crippen molar-refractivity contribution in [2.24, 2.45) is 11.8 Å². The third kappa shape index (κ3) is 3.83. The molecule has 2 N–H and O–H groups in total. The zero-order chi connectivity index (χ0) is 22.1. The van der Waals surface area contributed by atoms with E-state index >= 15 is 0 Å². The van der Waals surface area contributed by atoms with Crippen molar-refractivity contribution in [2.45, 2.75) is 37.5 Å². The van der Waals surface area contributed by atoms with E-state index in [1.54, 1.807) is 24.3 Å². The first-order valence-electron chi connectivity index (χ1n) is 10.2. The van der Waals surface area contributed by atoms with Gasteiger partial charge in [-0.1, -0.05) is 48.5 Å². The summed E-state index contributed by atoms with van der Waals surface area (Å²) in [5.74, 6) is -9.59. The molecule has 0 aromatic heterocycles. The number of carboxylic acids is 2. The first kappa shape index (κ1) is 20.8. The lowest BCUT2D eigenvalue weighted by atomic mass is 9.86. The van der Waals surface area contributed by atoms with Gasteiger partial charge in [-0.2, -0.15) is 0 Å². The van der Waals surface area contributed by atoms with E-state index in [1.165, 1.54) is 0 Å². The van der Waals surface area contributed by atoms with E-state index in [1.807, 2.05) is 24.3 Å². The highest BCUT2D eigenvalue weighted by molar-refractivity contribution is 6.04. The second-order valence-electron chi connectivity index (χ2n) is 8.06. The summed E-state index contributed by atoms with van der Waals surface area (Å²) in [5, 5.41) is 19.4. The van der Waals surface area contributed by atoms with E-state index < -0.39 is 47.5 Å². The number of carbonyl (C=O) groups excluding carboxylic acids is 2. The molecule has 2 aromatic rings. The molecular weight excluding hydrogens is 400 g/mol. The molecule has 7 heteroatoms. The molecule has 0 saturated heterocycles. The molecule has 0 heterocycles. The zero-order valence-corrected chi connectivity index (χ0v) is 16.7. The van der Waals surface area contributed by atoms with Gasteiger partial charge in [0.25, 0.3) is 0 Å². The van der Waals surface area contributed by atoms with Crippen LogP contribution in [0, 0.1) is 11.8 Å². The van der Waals surface area contributed by atoms with Crippen LogP contribution in [0.5, 0.6) is 0 Å². The van der Waals surface area contributed by atoms with Gasteiger partial charge in [0.05, 0.1) is 0 Å². The summed E-state index contributed by atoms with van der Waals surface area (Å²) in [4.78, 5) is 49.4. The van der Waals surface area contributed by atoms with Gasteiger partial charge in [-0.05, 0) is 47.9 Å². The Hall–Kier alpha value is -3.48. The minimum atomic E-state index is -1.57. The van der Waals surface area contributed by atoms with Crippen molar-refractivity contribution in [3.05, 3.63) is 70.8 Å². The molecule has 0 radical (unpaired) electrons. The van der Waals surface area contributed by atoms with Crippen LogP contribution < -0.4 is 0 Å². The highest BCUT2D eigenvalue weighted by Gasteiger charge is 2.45. The molecule has 0 bridgehead atoms. The number of hydrogen-bond acceptors (Lipinski definition) is 5. The standard InChI is InChI=1S/C24H22O7/c25-21(26)19(17-11-9-13-5-1-3-7-15(13)17)23(29)31-24(30)20(22(27)28)18-12-10-14-6-2-4-8-16(14)18/h1-8,17-20H,9-12H2,(H,25,26)(H,27,28). The number of esters is 2. The molecule has 0 fully saturated rings. The van der Waals surface area contributed by atoms with Crippen molar-refractivity contribution < 1.29 is 34.1 Å². The molecule has 2 aromatic carbocycles. The third-order valence-electron chi connectivity index (χ3n) is 6.40. The molecule has 4 atom stereocenters. The van der Waals surface area contributed by atoms with Crippen LogP contribution in [0.2, 0.25) is 0 Å². The number of aliphatic carboxylic acids is 2. The first-order valence-corrected chi connectivity index (χ1v) is 10.2. The van der Waals surface area contributed by atoms with Gasteiger partial charge in [0.1, 0.15) is 0 Å². The molecule has 2 aliphatic rings. The number of rotatable bonds is 6. The van der Waals surface area contributed by atoms with Crippen LogP contribution in [0.3, 0.4) is 0 Å². The Bertz CT molecular complexity index is 974. The van der Waals surface area contributed by atoms with Gasteiger partial charge >= 0.3 is 23.9 Å². The minimum Gasteiger partial charge on any atom is -0.481 e. The quantitative estimate of drug-likeness (QED) is 0.543. The Morgan fingerprint density at radius 3 is 1.48 bits per heavy atom. The van der Waals surface area contributed by atoms with Gasteiger partial charge in [-0.25, -0.2) is 0 Å². The Morgan fingerprint density at radius 2 is 1.10 bits per heavy atom. The van der Waals surface area contributed by atoms with Crippen LogP contribution >= 0.6 is 0 Å². The number of carbonyl (C=O) groups is 4. The average Bonchev–Trinajstić information content (AvgIpc) is 3.33. The van der Waals surface area contributed by atoms with E-state index in [0.29, 0.717) is 25.7 Å². The normalized spacial score (nSPS) is 20.9. The van der Waals surface area contributed by atoms with Gasteiger partial charge in [-0.15, -0.1) is 0 Å². The third-order valence-corrected chi connectivity index (χ3v) is 6.40. The molecule has 0 amide bonds. The number of ether oxygens (including phenoxy) is 1. The molecule has 0 spiro atoms. The SMILES string of the molecule is O=C(O)C(C(=O)OC(=O)C(C(=O)O)C1CCc2ccccc21)C1CCc2ccccc21. The van der Waals surface area contributed by atoms with Gasteiger partial charge in [0.15, 0.2) is 11.8 Å². The molecule has 0 aliphatic heterocycles. The maximum absolute atomic E-state index is 12.8. The number of carboxylic acid groups (broad SMARTS) is 2. The summed E-state index contributed by atoms with van der Waals surface area (Å²) < 4.78 is 4.91. The monoisotopic (exact) mass is 422 g/mol. The molecule has 7 nitrogen and oxygen atoms in total. The van der Waals surface area contributed by atoms with E-state index in [2.05, 4.69) is 0 Å². The van der Waals surface area contributed by atoms with E-state index in [0.717, 1.165) is 22.3 Å². The topological polar surface area (TPSA) is 118 Å². The number of fused-ring (bicyclic) bond motifs is 2. The van der Waals surface area contributed by atoms with Crippen LogP contribution in [-0.2, 0) is 36.8 Å². The Labute approximate surface area is 178 Å². The second kappa shape index (κ2) is 8.34. The maximum Gasteiger partial charge on any atom is 0.328 e. The highest BCUT2D eigenvalue weighted by atomic mass is 16.6. The van der Waals surface area contributed by atoms with Crippen molar-refractivity contribution in [1.29, 1.82) is 0 Å². The molecule has 4 rings (SSSR count). The van der Waals surface area contributed by atoms with E-state index in [4.69, 9.17) is 4.74 Å². The zero-order valence-electron chi connectivity index (χ0n) is 16.7. The van der Waals surface area contributed by atoms with E-state index in [9.17, 15) is 29.4 Å². The molecule has 31 heavy (non-hydrogen) atoms. The molecule has 0 saturated carbocycles. The molecular formula is C24H22O7. The van der Waals surface area contributed by atoms with Gasteiger partial charge in [-0.3, -0.25) is 19.2 Å². The lowest BCUT2D eigenvalue weighted by molar-refractivity contribution is -0.172. The lowest BCUT2D eigenvalue weighted by Gasteiger charge is -2.22. The van der Waals surface area contributed by atoms with Gasteiger partial charge < -0.3 is 14.9 Å². The second-order valence-corrected chi connectivity index (χ2v) is 8.06. The fourth-order valence-corrected chi connectivity index (χ4v) is 4.97. The Morgan fingerprint density at radius 1 is 0.710 bits per heavy atom. The number of aryl methyl sites for hydroxylation is 2. The predicted molar refractivity (Wildman–Crippen MR) is 108 cm³/mol. The fourth-order valence-electron chi connectivity index (χ4n) is 4.97. The van der Waals surface area contributed by atoms with Crippen LogP contribution in [-0.4, -0.2) is 34.1 Å². The number of benzene rings is 2. The van der Waals surface area contributed by atoms with Gasteiger partial charge in [0, 0.05) is 11.8 Å². The molecule has 4 unspecified atom stereocenters. The van der Waals surface area contributed by atoms with Crippen molar-refractivity contribution in [3.63, 3.8) is 0 Å². The van der Waals surface area contributed by atoms with Crippen molar-refractivity contribution in [1.82, 2.24) is 0 Å². The summed E-state index contributed by atoms with van der Waals surface area (Å²) >= 11 is 0. The molecule has 2 aliphatic carbocycles. The lowest BCUT2D eigenvalue weighted by Crippen LogP contribution is -2.37. The predicted octanol–water partition coefficient (Wildman–Crippen LogP) is 2.92. The van der Waals surface area contributed by atoms with Crippen molar-refractivity contribution >= 4 is 23.9 Å². The minimum absolute atomic E-state index is 0.442. The van der Waals surface area contributed by atoms with Crippen LogP contribution in [0.1, 0.15) is 46.9 Å². The van der Waals surface area contributed by atoms with Crippen LogP contribution in [0.25, 0.3) is 0 Å². The molecule has 160 valence electrons. The largest absolute Gasteiger partial charge is 0.481 e. The summed E-state index contributed by atoms with van der Waals surface area (Å²) in [5.41, 5.74) is 3.42.